The standard InChI is InChI=1S/C19H28O2/c1-5-14-15-11-21-10-13(15)9-16(20)17(14)19(4)8-6-7-18(2,3)12-19/h5,11,13,17H,6-10,12H2,1-4H3. The minimum absolute atomic E-state index is 0.0753. The van der Waals surface area contributed by atoms with Crippen LogP contribution in [0.1, 0.15) is 59.8 Å². The molecule has 0 bridgehead atoms. The zero-order valence-electron chi connectivity index (χ0n) is 13.9. The maximum absolute atomic E-state index is 12.9. The predicted octanol–water partition coefficient (Wildman–Crippen LogP) is 4.66. The summed E-state index contributed by atoms with van der Waals surface area (Å²) in [7, 11) is 0. The first-order valence-electron chi connectivity index (χ1n) is 8.37. The molecule has 3 atom stereocenters. The van der Waals surface area contributed by atoms with Crippen LogP contribution in [0.25, 0.3) is 0 Å². The van der Waals surface area contributed by atoms with Gasteiger partial charge in [-0.05, 0) is 48.2 Å². The van der Waals surface area contributed by atoms with Gasteiger partial charge in [-0.15, -0.1) is 0 Å². The lowest BCUT2D eigenvalue weighted by Gasteiger charge is -2.49. The number of hydrogen-bond acceptors (Lipinski definition) is 2. The highest BCUT2D eigenvalue weighted by molar-refractivity contribution is 5.88. The Balaban J connectivity index is 1.97. The molecule has 1 heterocycles. The van der Waals surface area contributed by atoms with Gasteiger partial charge in [-0.2, -0.15) is 0 Å². The van der Waals surface area contributed by atoms with Gasteiger partial charge in [-0.25, -0.2) is 0 Å². The van der Waals surface area contributed by atoms with Crippen molar-refractivity contribution in [2.75, 3.05) is 6.61 Å². The highest BCUT2D eigenvalue weighted by Gasteiger charge is 2.50. The summed E-state index contributed by atoms with van der Waals surface area (Å²) < 4.78 is 5.53. The highest BCUT2D eigenvalue weighted by atomic mass is 16.5. The molecular formula is C19H28O2. The van der Waals surface area contributed by atoms with Gasteiger partial charge in [0.25, 0.3) is 0 Å². The third-order valence-corrected chi connectivity index (χ3v) is 5.85. The molecule has 0 N–H and O–H groups in total. The molecule has 2 fully saturated rings. The quantitative estimate of drug-likeness (QED) is 0.701. The van der Waals surface area contributed by atoms with Crippen molar-refractivity contribution in [2.45, 2.75) is 59.8 Å². The summed E-state index contributed by atoms with van der Waals surface area (Å²) >= 11 is 0. The molecule has 3 aliphatic rings. The van der Waals surface area contributed by atoms with Crippen molar-refractivity contribution in [3.8, 4) is 0 Å². The first-order chi connectivity index (χ1) is 9.86. The summed E-state index contributed by atoms with van der Waals surface area (Å²) in [6, 6.07) is 0. The molecule has 0 aromatic carbocycles. The van der Waals surface area contributed by atoms with Gasteiger partial charge in [0.15, 0.2) is 0 Å². The van der Waals surface area contributed by atoms with Crippen LogP contribution in [0.4, 0.5) is 0 Å². The number of hydrogen-bond donors (Lipinski definition) is 0. The topological polar surface area (TPSA) is 26.3 Å². The molecule has 0 saturated heterocycles. The van der Waals surface area contributed by atoms with Crippen molar-refractivity contribution < 1.29 is 9.53 Å². The van der Waals surface area contributed by atoms with Crippen molar-refractivity contribution in [1.29, 1.82) is 0 Å². The highest BCUT2D eigenvalue weighted by Crippen LogP contribution is 2.55. The lowest BCUT2D eigenvalue weighted by atomic mass is 9.54. The van der Waals surface area contributed by atoms with Crippen LogP contribution in [0.3, 0.4) is 0 Å². The Morgan fingerprint density at radius 2 is 2.05 bits per heavy atom. The molecule has 1 aliphatic heterocycles. The van der Waals surface area contributed by atoms with Crippen molar-refractivity contribution in [3.63, 3.8) is 0 Å². The van der Waals surface area contributed by atoms with Crippen LogP contribution in [-0.2, 0) is 9.53 Å². The van der Waals surface area contributed by atoms with Crippen LogP contribution in [-0.4, -0.2) is 12.4 Å². The van der Waals surface area contributed by atoms with E-state index in [9.17, 15) is 4.79 Å². The normalized spacial score (nSPS) is 40.7. The van der Waals surface area contributed by atoms with E-state index in [0.717, 1.165) is 6.42 Å². The Labute approximate surface area is 128 Å². The maximum atomic E-state index is 12.9. The van der Waals surface area contributed by atoms with Gasteiger partial charge in [0.2, 0.25) is 0 Å². The summed E-state index contributed by atoms with van der Waals surface area (Å²) in [6.45, 7) is 9.82. The monoisotopic (exact) mass is 288 g/mol. The lowest BCUT2D eigenvalue weighted by Crippen LogP contribution is -2.44. The summed E-state index contributed by atoms with van der Waals surface area (Å²) in [4.78, 5) is 12.9. The first kappa shape index (κ1) is 14.9. The molecule has 0 aromatic rings. The Bertz CT molecular complexity index is 512. The molecule has 0 radical (unpaired) electrons. The molecule has 0 amide bonds. The number of carbonyl (C=O) groups excluding carboxylic acids is 1. The number of fused-ring (bicyclic) bond motifs is 1. The number of Topliss-reactive ketones (excluding diaryl/α,β-unsaturated/α-hetero) is 1. The zero-order valence-corrected chi connectivity index (χ0v) is 13.9. The van der Waals surface area contributed by atoms with E-state index in [1.54, 1.807) is 0 Å². The van der Waals surface area contributed by atoms with Crippen LogP contribution in [0.15, 0.2) is 23.5 Å². The van der Waals surface area contributed by atoms with E-state index in [1.807, 2.05) is 6.26 Å². The van der Waals surface area contributed by atoms with Crippen LogP contribution >= 0.6 is 0 Å². The average Bonchev–Trinajstić information content (AvgIpc) is 2.82. The molecule has 2 nitrogen and oxygen atoms in total. The van der Waals surface area contributed by atoms with E-state index in [4.69, 9.17) is 4.74 Å². The number of rotatable bonds is 1. The fourth-order valence-electron chi connectivity index (χ4n) is 5.20. The molecule has 3 rings (SSSR count). The van der Waals surface area contributed by atoms with E-state index >= 15 is 0 Å². The number of carbonyl (C=O) groups is 1. The molecule has 21 heavy (non-hydrogen) atoms. The molecule has 3 unspecified atom stereocenters. The summed E-state index contributed by atoms with van der Waals surface area (Å²) in [5.74, 6) is 0.822. The minimum atomic E-state index is 0.0753. The zero-order chi connectivity index (χ0) is 15.3. The van der Waals surface area contributed by atoms with Gasteiger partial charge in [0.05, 0.1) is 12.9 Å². The number of ketones is 1. The van der Waals surface area contributed by atoms with Crippen LogP contribution in [0.2, 0.25) is 0 Å². The van der Waals surface area contributed by atoms with Crippen LogP contribution in [0, 0.1) is 22.7 Å². The summed E-state index contributed by atoms with van der Waals surface area (Å²) in [5.41, 5.74) is 3.01. The van der Waals surface area contributed by atoms with Crippen molar-refractivity contribution in [2.24, 2.45) is 22.7 Å². The van der Waals surface area contributed by atoms with E-state index in [0.29, 0.717) is 30.1 Å². The molecule has 2 saturated carbocycles. The second kappa shape index (κ2) is 5.00. The van der Waals surface area contributed by atoms with Gasteiger partial charge >= 0.3 is 0 Å². The van der Waals surface area contributed by atoms with E-state index in [-0.39, 0.29) is 11.3 Å². The SMILES string of the molecule is CC=C1C2=COCC2CC(=O)C1C1(C)CCCC(C)(C)C1. The molecule has 0 spiro atoms. The second-order valence-electron chi connectivity index (χ2n) is 8.30. The lowest BCUT2D eigenvalue weighted by molar-refractivity contribution is -0.128. The summed E-state index contributed by atoms with van der Waals surface area (Å²) in [6.07, 6.45) is 9.59. The third-order valence-electron chi connectivity index (χ3n) is 5.85. The fraction of sp³-hybridized carbons (Fsp3) is 0.737. The van der Waals surface area contributed by atoms with Crippen LogP contribution < -0.4 is 0 Å². The van der Waals surface area contributed by atoms with Gasteiger partial charge < -0.3 is 4.74 Å². The molecule has 116 valence electrons. The largest absolute Gasteiger partial charge is 0.500 e. The Hall–Kier alpha value is -1.05. The first-order valence-corrected chi connectivity index (χ1v) is 8.37. The van der Waals surface area contributed by atoms with E-state index in [1.165, 1.54) is 30.4 Å². The Morgan fingerprint density at radius 3 is 2.71 bits per heavy atom. The van der Waals surface area contributed by atoms with Gasteiger partial charge in [0, 0.05) is 18.3 Å². The molecular weight excluding hydrogens is 260 g/mol. The van der Waals surface area contributed by atoms with Crippen molar-refractivity contribution in [3.05, 3.63) is 23.5 Å². The Kier molecular flexibility index (Phi) is 3.54. The summed E-state index contributed by atoms with van der Waals surface area (Å²) in [5, 5.41) is 0. The van der Waals surface area contributed by atoms with Crippen molar-refractivity contribution >= 4 is 5.78 Å². The third kappa shape index (κ3) is 2.47. The molecule has 0 aromatic heterocycles. The average molecular weight is 288 g/mol. The van der Waals surface area contributed by atoms with E-state index in [2.05, 4.69) is 33.8 Å². The minimum Gasteiger partial charge on any atom is -0.500 e. The van der Waals surface area contributed by atoms with Crippen molar-refractivity contribution in [1.82, 2.24) is 0 Å². The van der Waals surface area contributed by atoms with Gasteiger partial charge in [-0.1, -0.05) is 33.3 Å². The van der Waals surface area contributed by atoms with Gasteiger partial charge in [-0.3, -0.25) is 4.79 Å². The molecule has 2 aliphatic carbocycles. The second-order valence-corrected chi connectivity index (χ2v) is 8.30. The fourth-order valence-corrected chi connectivity index (χ4v) is 5.20. The van der Waals surface area contributed by atoms with Gasteiger partial charge in [0.1, 0.15) is 5.78 Å². The maximum Gasteiger partial charge on any atom is 0.141 e. The van der Waals surface area contributed by atoms with Crippen LogP contribution in [0.5, 0.6) is 0 Å². The number of ether oxygens (including phenoxy) is 1. The Morgan fingerprint density at radius 1 is 1.29 bits per heavy atom. The van der Waals surface area contributed by atoms with E-state index < -0.39 is 0 Å². The molecule has 2 heteroatoms. The number of allylic oxidation sites excluding steroid dienone is 2. The predicted molar refractivity (Wildman–Crippen MR) is 84.8 cm³/mol. The smallest absolute Gasteiger partial charge is 0.141 e.